The van der Waals surface area contributed by atoms with Gasteiger partial charge < -0.3 is 14.8 Å². The molecule has 4 aromatic rings. The summed E-state index contributed by atoms with van der Waals surface area (Å²) in [6.45, 7) is 1.66. The van der Waals surface area contributed by atoms with Crippen molar-refractivity contribution in [3.63, 3.8) is 0 Å². The summed E-state index contributed by atoms with van der Waals surface area (Å²) >= 11 is 10.0. The Morgan fingerprint density at radius 2 is 1.95 bits per heavy atom. The molecular weight excluding hydrogens is 608 g/mol. The number of anilines is 1. The molecule has 0 radical (unpaired) electrons. The maximum Gasteiger partial charge on any atom is 0.282 e. The lowest BCUT2D eigenvalue weighted by Gasteiger charge is -2.22. The van der Waals surface area contributed by atoms with Crippen molar-refractivity contribution in [1.29, 1.82) is 0 Å². The summed E-state index contributed by atoms with van der Waals surface area (Å²) in [5.74, 6) is 1.07. The summed E-state index contributed by atoms with van der Waals surface area (Å²) in [5, 5.41) is 8.15. The highest BCUT2D eigenvalue weighted by Gasteiger charge is 2.23. The molecule has 1 fully saturated rings. The molecule has 1 amide bonds. The SMILES string of the molecule is COc1cc(C=Nn2c(C3CCCCC3)nc3ccc(Br)cc3c2=O)cc(Cl)c1OCC(=O)Nc1ccccc1C. The molecule has 0 bridgehead atoms. The van der Waals surface area contributed by atoms with Gasteiger partial charge in [0.25, 0.3) is 11.5 Å². The van der Waals surface area contributed by atoms with Crippen LogP contribution in [0.25, 0.3) is 10.9 Å². The van der Waals surface area contributed by atoms with Crippen molar-refractivity contribution in [1.82, 2.24) is 9.66 Å². The van der Waals surface area contributed by atoms with Gasteiger partial charge in [0.05, 0.1) is 29.2 Å². The number of rotatable bonds is 8. The third-order valence-electron chi connectivity index (χ3n) is 7.14. The minimum Gasteiger partial charge on any atom is -0.493 e. The second-order valence-corrected chi connectivity index (χ2v) is 11.3. The number of hydrogen-bond donors (Lipinski definition) is 1. The van der Waals surface area contributed by atoms with Crippen LogP contribution in [0.3, 0.4) is 0 Å². The summed E-state index contributed by atoms with van der Waals surface area (Å²) in [7, 11) is 1.49. The number of amides is 1. The number of ether oxygens (including phenoxy) is 2. The van der Waals surface area contributed by atoms with Crippen molar-refractivity contribution >= 4 is 56.2 Å². The highest BCUT2D eigenvalue weighted by atomic mass is 79.9. The summed E-state index contributed by atoms with van der Waals surface area (Å²) in [6, 6.07) is 16.3. The zero-order valence-electron chi connectivity index (χ0n) is 22.8. The van der Waals surface area contributed by atoms with Crippen molar-refractivity contribution in [2.75, 3.05) is 19.0 Å². The Hall–Kier alpha value is -3.69. The Bertz CT molecular complexity index is 1680. The maximum atomic E-state index is 13.6. The Balaban J connectivity index is 1.42. The fraction of sp³-hybridized carbons (Fsp3) is 0.290. The largest absolute Gasteiger partial charge is 0.493 e. The summed E-state index contributed by atoms with van der Waals surface area (Å²) in [4.78, 5) is 31.0. The lowest BCUT2D eigenvalue weighted by atomic mass is 9.88. The van der Waals surface area contributed by atoms with Crippen LogP contribution < -0.4 is 20.3 Å². The number of methoxy groups -OCH3 is 1. The van der Waals surface area contributed by atoms with Gasteiger partial charge in [-0.05, 0) is 67.3 Å². The molecule has 1 saturated carbocycles. The van der Waals surface area contributed by atoms with Gasteiger partial charge in [0.15, 0.2) is 18.1 Å². The Morgan fingerprint density at radius 1 is 1.17 bits per heavy atom. The van der Waals surface area contributed by atoms with E-state index < -0.39 is 0 Å². The highest BCUT2D eigenvalue weighted by Crippen LogP contribution is 2.36. The molecule has 0 unspecified atom stereocenters. The van der Waals surface area contributed by atoms with E-state index in [9.17, 15) is 9.59 Å². The monoisotopic (exact) mass is 636 g/mol. The smallest absolute Gasteiger partial charge is 0.282 e. The van der Waals surface area contributed by atoms with E-state index in [2.05, 4.69) is 26.3 Å². The topological polar surface area (TPSA) is 94.8 Å². The standard InChI is InChI=1S/C31H30BrClN4O4/c1-19-8-6-7-11-25(19)35-28(38)18-41-29-24(33)14-20(15-27(29)40-2)17-34-37-30(21-9-4-3-5-10-21)36-26-13-12-22(32)16-23(26)31(37)39/h6-8,11-17,21H,3-5,9-10,18H2,1-2H3,(H,35,38). The van der Waals surface area contributed by atoms with Crippen LogP contribution in [0, 0.1) is 6.92 Å². The first-order chi connectivity index (χ1) is 19.8. The predicted octanol–water partition coefficient (Wildman–Crippen LogP) is 7.08. The first-order valence-corrected chi connectivity index (χ1v) is 14.6. The molecule has 0 aliphatic heterocycles. The minimum absolute atomic E-state index is 0.154. The molecule has 5 rings (SSSR count). The quantitative estimate of drug-likeness (QED) is 0.209. The van der Waals surface area contributed by atoms with Crippen LogP contribution in [0.1, 0.15) is 55.0 Å². The van der Waals surface area contributed by atoms with Crippen molar-refractivity contribution in [3.8, 4) is 11.5 Å². The molecule has 1 aliphatic carbocycles. The van der Waals surface area contributed by atoms with Gasteiger partial charge in [-0.3, -0.25) is 9.59 Å². The number of para-hydroxylation sites is 1. The Kier molecular flexibility index (Phi) is 9.05. The number of carbonyl (C=O) groups is 1. The molecule has 0 spiro atoms. The second-order valence-electron chi connectivity index (χ2n) is 10.0. The van der Waals surface area contributed by atoms with Crippen molar-refractivity contribution in [2.24, 2.45) is 5.10 Å². The van der Waals surface area contributed by atoms with Gasteiger partial charge in [-0.15, -0.1) is 0 Å². The van der Waals surface area contributed by atoms with Crippen molar-refractivity contribution < 1.29 is 14.3 Å². The van der Waals surface area contributed by atoms with Crippen LogP contribution in [0.2, 0.25) is 5.02 Å². The van der Waals surface area contributed by atoms with Crippen molar-refractivity contribution in [3.05, 3.63) is 91.4 Å². The van der Waals surface area contributed by atoms with E-state index in [1.54, 1.807) is 24.4 Å². The van der Waals surface area contributed by atoms with Gasteiger partial charge in [-0.25, -0.2) is 4.98 Å². The average Bonchev–Trinajstić information content (AvgIpc) is 2.97. The van der Waals surface area contributed by atoms with Crippen LogP contribution in [0.4, 0.5) is 5.69 Å². The summed E-state index contributed by atoms with van der Waals surface area (Å²) in [6.07, 6.45) is 6.87. The lowest BCUT2D eigenvalue weighted by molar-refractivity contribution is -0.118. The summed E-state index contributed by atoms with van der Waals surface area (Å²) < 4.78 is 13.5. The first-order valence-electron chi connectivity index (χ1n) is 13.5. The molecule has 212 valence electrons. The average molecular weight is 638 g/mol. The molecule has 1 N–H and O–H groups in total. The number of aromatic nitrogens is 2. The molecule has 0 atom stereocenters. The third-order valence-corrected chi connectivity index (χ3v) is 7.92. The molecule has 1 aliphatic rings. The van der Waals surface area contributed by atoms with Gasteiger partial charge in [0.1, 0.15) is 5.82 Å². The number of nitrogens with one attached hydrogen (secondary N) is 1. The molecule has 1 aromatic heterocycles. The fourth-order valence-electron chi connectivity index (χ4n) is 5.02. The molecule has 3 aromatic carbocycles. The number of carbonyl (C=O) groups excluding carboxylic acids is 1. The van der Waals surface area contributed by atoms with E-state index in [0.717, 1.165) is 35.7 Å². The maximum absolute atomic E-state index is 13.6. The number of fused-ring (bicyclic) bond motifs is 1. The normalized spacial score (nSPS) is 14.0. The number of halogens is 2. The third kappa shape index (κ3) is 6.63. The molecule has 10 heteroatoms. The minimum atomic E-state index is -0.326. The van der Waals surface area contributed by atoms with E-state index in [4.69, 9.17) is 26.1 Å². The van der Waals surface area contributed by atoms with Crippen LogP contribution >= 0.6 is 27.5 Å². The van der Waals surface area contributed by atoms with E-state index in [0.29, 0.717) is 33.7 Å². The van der Waals surface area contributed by atoms with E-state index in [-0.39, 0.29) is 34.8 Å². The van der Waals surface area contributed by atoms with Crippen LogP contribution in [0.15, 0.2) is 69.0 Å². The van der Waals surface area contributed by atoms with Crippen LogP contribution in [-0.4, -0.2) is 35.5 Å². The number of benzene rings is 3. The molecule has 0 saturated heterocycles. The number of aryl methyl sites for hydroxylation is 1. The van der Waals surface area contributed by atoms with Gasteiger partial charge in [-0.1, -0.05) is 65.0 Å². The van der Waals surface area contributed by atoms with Gasteiger partial charge in [0.2, 0.25) is 0 Å². The molecular formula is C31H30BrClN4O4. The highest BCUT2D eigenvalue weighted by molar-refractivity contribution is 9.10. The molecule has 1 heterocycles. The number of nitrogens with zero attached hydrogens (tertiary/aromatic N) is 3. The Labute approximate surface area is 251 Å². The first kappa shape index (κ1) is 28.8. The fourth-order valence-corrected chi connectivity index (χ4v) is 5.65. The molecule has 8 nitrogen and oxygen atoms in total. The predicted molar refractivity (Wildman–Crippen MR) is 166 cm³/mol. The second kappa shape index (κ2) is 12.9. The van der Waals surface area contributed by atoms with Crippen LogP contribution in [-0.2, 0) is 4.79 Å². The summed E-state index contributed by atoms with van der Waals surface area (Å²) in [5.41, 5.74) is 2.68. The van der Waals surface area contributed by atoms with E-state index in [1.165, 1.54) is 18.2 Å². The van der Waals surface area contributed by atoms with Gasteiger partial charge >= 0.3 is 0 Å². The van der Waals surface area contributed by atoms with Gasteiger partial charge in [0, 0.05) is 16.1 Å². The van der Waals surface area contributed by atoms with Gasteiger partial charge in [-0.2, -0.15) is 9.78 Å². The van der Waals surface area contributed by atoms with E-state index >= 15 is 0 Å². The lowest BCUT2D eigenvalue weighted by Crippen LogP contribution is -2.25. The van der Waals surface area contributed by atoms with E-state index in [1.807, 2.05) is 43.3 Å². The molecule has 41 heavy (non-hydrogen) atoms. The van der Waals surface area contributed by atoms with Crippen LogP contribution in [0.5, 0.6) is 11.5 Å². The Morgan fingerprint density at radius 3 is 2.71 bits per heavy atom. The zero-order valence-corrected chi connectivity index (χ0v) is 25.2. The number of hydrogen-bond acceptors (Lipinski definition) is 6. The zero-order chi connectivity index (χ0) is 28.9. The van der Waals surface area contributed by atoms with Crippen molar-refractivity contribution in [2.45, 2.75) is 44.9 Å².